The Morgan fingerprint density at radius 3 is 2.61 bits per heavy atom. The molecule has 5 rings (SSSR count). The van der Waals surface area contributed by atoms with E-state index in [0.717, 1.165) is 64.4 Å². The molecule has 0 amide bonds. The number of hydrogen-bond donors (Lipinski definition) is 2. The van der Waals surface area contributed by atoms with Gasteiger partial charge < -0.3 is 14.9 Å². The predicted molar refractivity (Wildman–Crippen MR) is 155 cm³/mol. The molecule has 2 N–H and O–H groups in total. The van der Waals surface area contributed by atoms with Gasteiger partial charge in [-0.15, -0.1) is 5.10 Å². The van der Waals surface area contributed by atoms with Gasteiger partial charge in [-0.25, -0.2) is 4.68 Å². The largest absolute Gasteiger partial charge is 0.486 e. The molecule has 1 aliphatic heterocycles. The number of pyridine rings is 1. The van der Waals surface area contributed by atoms with Gasteiger partial charge in [0.15, 0.2) is 0 Å². The summed E-state index contributed by atoms with van der Waals surface area (Å²) in [7, 11) is 1.86. The molecule has 3 heterocycles. The summed E-state index contributed by atoms with van der Waals surface area (Å²) in [5, 5.41) is 25.2. The maximum atomic E-state index is 12.0. The third-order valence-corrected chi connectivity index (χ3v) is 7.47. The number of fused-ring (bicyclic) bond motifs is 2. The first-order valence-corrected chi connectivity index (χ1v) is 13.5. The van der Waals surface area contributed by atoms with Crippen molar-refractivity contribution in [3.63, 3.8) is 0 Å². The average molecular weight is 560 g/mol. The zero-order valence-electron chi connectivity index (χ0n) is 24.4. The van der Waals surface area contributed by atoms with Gasteiger partial charge in [-0.1, -0.05) is 29.5 Å². The van der Waals surface area contributed by atoms with Crippen LogP contribution in [0.3, 0.4) is 0 Å². The monoisotopic (exact) mass is 559 g/mol. The van der Waals surface area contributed by atoms with E-state index >= 15 is 0 Å². The molecule has 0 fully saturated rings. The van der Waals surface area contributed by atoms with Crippen molar-refractivity contribution in [3.05, 3.63) is 81.7 Å². The van der Waals surface area contributed by atoms with E-state index in [-0.39, 0.29) is 24.4 Å². The Morgan fingerprint density at radius 2 is 1.90 bits per heavy atom. The summed E-state index contributed by atoms with van der Waals surface area (Å²) in [5.74, 6) is -0.233. The van der Waals surface area contributed by atoms with Crippen LogP contribution in [0.4, 0.5) is 0 Å². The van der Waals surface area contributed by atoms with Crippen LogP contribution in [0.2, 0.25) is 0 Å². The highest BCUT2D eigenvalue weighted by atomic mass is 16.5. The number of hydrogen-bond acceptors (Lipinski definition) is 7. The van der Waals surface area contributed by atoms with E-state index in [4.69, 9.17) is 14.6 Å². The Balaban J connectivity index is 0.00000124. The van der Waals surface area contributed by atoms with Crippen molar-refractivity contribution in [2.45, 2.75) is 65.6 Å². The van der Waals surface area contributed by atoms with Crippen molar-refractivity contribution in [1.29, 1.82) is 0 Å². The first-order valence-electron chi connectivity index (χ1n) is 13.5. The lowest BCUT2D eigenvalue weighted by molar-refractivity contribution is -0.137. The molecule has 2 aromatic heterocycles. The Labute approximate surface area is 239 Å². The van der Waals surface area contributed by atoms with Gasteiger partial charge in [0.1, 0.15) is 16.9 Å². The molecule has 216 valence electrons. The molecule has 0 saturated heterocycles. The minimum absolute atomic E-state index is 0.00189. The molecular formula is C31H37N5O5. The molecule has 0 saturated carbocycles. The van der Waals surface area contributed by atoms with Crippen molar-refractivity contribution < 1.29 is 24.5 Å². The van der Waals surface area contributed by atoms with Gasteiger partial charge in [-0.05, 0) is 68.5 Å². The molecule has 1 atom stereocenters. The van der Waals surface area contributed by atoms with E-state index in [1.165, 1.54) is 11.1 Å². The van der Waals surface area contributed by atoms with Crippen LogP contribution in [0.25, 0.3) is 11.0 Å². The van der Waals surface area contributed by atoms with Crippen LogP contribution in [0.5, 0.6) is 5.75 Å². The molecule has 2 aromatic carbocycles. The summed E-state index contributed by atoms with van der Waals surface area (Å²) in [4.78, 5) is 27.2. The first kappa shape index (κ1) is 29.7. The maximum Gasteiger partial charge on any atom is 0.304 e. The van der Waals surface area contributed by atoms with Crippen LogP contribution in [-0.2, 0) is 29.7 Å². The third kappa shape index (κ3) is 6.71. The van der Waals surface area contributed by atoms with Crippen LogP contribution in [0, 0.1) is 20.8 Å². The second-order valence-corrected chi connectivity index (χ2v) is 11.2. The minimum atomic E-state index is -0.832. The fourth-order valence-corrected chi connectivity index (χ4v) is 5.58. The molecule has 10 nitrogen and oxygen atoms in total. The lowest BCUT2D eigenvalue weighted by Crippen LogP contribution is -2.40. The number of nitrogens with zero attached hydrogens (tertiary/aromatic N) is 5. The van der Waals surface area contributed by atoms with Crippen LogP contribution in [0.15, 0.2) is 42.6 Å². The topological polar surface area (TPSA) is 131 Å². The van der Waals surface area contributed by atoms with Crippen LogP contribution >= 0.6 is 0 Å². The molecule has 10 heteroatoms. The standard InChI is InChI=1S/C30H35N5O3.CH2O2/c1-18-7-8-21(25(13-28(36)37)24-9-10-26-29(20(24)3)32-33-34(26)6)12-22(18)15-35-16-23-14-31-19(2)11-27(23)38-30(4,5)17-35;2-1-3/h7-12,14,25H,13,15-17H2,1-6H3,(H,36,37);1H,(H,2,3). The number of carboxylic acid groups (broad SMARTS) is 2. The maximum absolute atomic E-state index is 12.0. The van der Waals surface area contributed by atoms with Gasteiger partial charge in [0.2, 0.25) is 0 Å². The highest BCUT2D eigenvalue weighted by Crippen LogP contribution is 2.35. The normalized spacial score (nSPS) is 15.2. The smallest absolute Gasteiger partial charge is 0.304 e. The van der Waals surface area contributed by atoms with Crippen LogP contribution < -0.4 is 4.74 Å². The second kappa shape index (κ2) is 12.1. The van der Waals surface area contributed by atoms with Crippen LogP contribution in [0.1, 0.15) is 65.3 Å². The van der Waals surface area contributed by atoms with Gasteiger partial charge in [0, 0.05) is 56.1 Å². The quantitative estimate of drug-likeness (QED) is 0.321. The summed E-state index contributed by atoms with van der Waals surface area (Å²) in [6.07, 6.45) is 1.91. The number of ether oxygens (including phenoxy) is 1. The molecule has 0 aliphatic carbocycles. The molecule has 0 bridgehead atoms. The van der Waals surface area contributed by atoms with E-state index in [9.17, 15) is 9.90 Å². The van der Waals surface area contributed by atoms with Crippen molar-refractivity contribution in [1.82, 2.24) is 24.9 Å². The zero-order valence-corrected chi connectivity index (χ0v) is 24.4. The van der Waals surface area contributed by atoms with Gasteiger partial charge >= 0.3 is 5.97 Å². The molecule has 4 aromatic rings. The number of aromatic nitrogens is 4. The zero-order chi connectivity index (χ0) is 29.9. The minimum Gasteiger partial charge on any atom is -0.486 e. The van der Waals surface area contributed by atoms with Crippen molar-refractivity contribution in [2.24, 2.45) is 7.05 Å². The second-order valence-electron chi connectivity index (χ2n) is 11.2. The van der Waals surface area contributed by atoms with Crippen molar-refractivity contribution in [3.8, 4) is 5.75 Å². The lowest BCUT2D eigenvalue weighted by atomic mass is 9.84. The fourth-order valence-electron chi connectivity index (χ4n) is 5.58. The molecule has 0 radical (unpaired) electrons. The first-order chi connectivity index (χ1) is 19.4. The number of aryl methyl sites for hydroxylation is 4. The van der Waals surface area contributed by atoms with Crippen LogP contribution in [-0.4, -0.2) is 59.7 Å². The lowest BCUT2D eigenvalue weighted by Gasteiger charge is -2.30. The molecule has 41 heavy (non-hydrogen) atoms. The number of rotatable bonds is 6. The fraction of sp³-hybridized carbons (Fsp3) is 0.387. The summed E-state index contributed by atoms with van der Waals surface area (Å²) in [6, 6.07) is 12.4. The summed E-state index contributed by atoms with van der Waals surface area (Å²) in [6.45, 7) is 12.3. The van der Waals surface area contributed by atoms with Crippen molar-refractivity contribution >= 4 is 23.5 Å². The number of carboxylic acids is 1. The van der Waals surface area contributed by atoms with E-state index in [0.29, 0.717) is 0 Å². The summed E-state index contributed by atoms with van der Waals surface area (Å²) < 4.78 is 8.12. The number of aliphatic carboxylic acids is 1. The Morgan fingerprint density at radius 1 is 1.17 bits per heavy atom. The molecule has 1 unspecified atom stereocenters. The molecule has 0 spiro atoms. The molecule has 1 aliphatic rings. The van der Waals surface area contributed by atoms with E-state index in [2.05, 4.69) is 59.2 Å². The van der Waals surface area contributed by atoms with Crippen molar-refractivity contribution in [2.75, 3.05) is 6.54 Å². The average Bonchev–Trinajstić information content (AvgIpc) is 3.21. The highest BCUT2D eigenvalue weighted by molar-refractivity contribution is 5.80. The summed E-state index contributed by atoms with van der Waals surface area (Å²) >= 11 is 0. The van der Waals surface area contributed by atoms with E-state index in [1.807, 2.05) is 45.3 Å². The highest BCUT2D eigenvalue weighted by Gasteiger charge is 2.30. The predicted octanol–water partition coefficient (Wildman–Crippen LogP) is 4.77. The SMILES string of the molecule is Cc1cc2c(cn1)CN(Cc1cc(C(CC(=O)O)c3ccc4c(nnn4C)c3C)ccc1C)CC(C)(C)O2.O=CO. The van der Waals surface area contributed by atoms with Gasteiger partial charge in [-0.2, -0.15) is 0 Å². The molecular weight excluding hydrogens is 522 g/mol. The van der Waals surface area contributed by atoms with Gasteiger partial charge in [-0.3, -0.25) is 19.5 Å². The van der Waals surface area contributed by atoms with Gasteiger partial charge in [0.05, 0.1) is 11.9 Å². The van der Waals surface area contributed by atoms with Gasteiger partial charge in [0.25, 0.3) is 6.47 Å². The Kier molecular flexibility index (Phi) is 8.72. The number of benzene rings is 2. The Hall–Kier alpha value is -4.31. The number of carbonyl (C=O) groups is 2. The van der Waals surface area contributed by atoms with E-state index in [1.54, 1.807) is 4.68 Å². The van der Waals surface area contributed by atoms with E-state index < -0.39 is 5.97 Å². The third-order valence-electron chi connectivity index (χ3n) is 7.47. The summed E-state index contributed by atoms with van der Waals surface area (Å²) in [5.41, 5.74) is 8.67. The Bertz CT molecular complexity index is 1580.